The number of rotatable bonds is 2. The Labute approximate surface area is 106 Å². The first-order valence-corrected chi connectivity index (χ1v) is 5.51. The molecule has 18 heavy (non-hydrogen) atoms. The molecule has 1 aliphatic carbocycles. The van der Waals surface area contributed by atoms with Crippen LogP contribution < -0.4 is 5.32 Å². The Balaban J connectivity index is 2.16. The highest BCUT2D eigenvalue weighted by Crippen LogP contribution is 2.49. The smallest absolute Gasteiger partial charge is 0.411 e. The van der Waals surface area contributed by atoms with E-state index in [1.807, 2.05) is 5.32 Å². The van der Waals surface area contributed by atoms with E-state index in [0.29, 0.717) is 0 Å². The summed E-state index contributed by atoms with van der Waals surface area (Å²) in [5.41, 5.74) is -2.12. The minimum absolute atomic E-state index is 0.0201. The van der Waals surface area contributed by atoms with E-state index in [-0.39, 0.29) is 29.2 Å². The maximum Gasteiger partial charge on any atom is 0.411 e. The van der Waals surface area contributed by atoms with Crippen LogP contribution >= 0.6 is 11.6 Å². The molecule has 0 atom stereocenters. The Hall–Kier alpha value is -1.43. The highest BCUT2D eigenvalue weighted by molar-refractivity contribution is 6.32. The van der Waals surface area contributed by atoms with Gasteiger partial charge in [0.05, 0.1) is 5.02 Å². The molecule has 2 rings (SSSR count). The number of halogens is 4. The van der Waals surface area contributed by atoms with Crippen molar-refractivity contribution in [2.75, 3.05) is 0 Å². The van der Waals surface area contributed by atoms with Gasteiger partial charge in [-0.15, -0.1) is 0 Å². The van der Waals surface area contributed by atoms with Gasteiger partial charge in [-0.1, -0.05) is 11.6 Å². The number of hydrogen-bond acceptors (Lipinski definition) is 2. The van der Waals surface area contributed by atoms with Gasteiger partial charge >= 0.3 is 6.18 Å². The number of phenols is 1. The molecule has 3 nitrogen and oxygen atoms in total. The van der Waals surface area contributed by atoms with E-state index >= 15 is 0 Å². The Bertz CT molecular complexity index is 498. The van der Waals surface area contributed by atoms with E-state index in [0.717, 1.165) is 12.1 Å². The number of phenolic OH excluding ortho intramolecular Hbond substituents is 1. The van der Waals surface area contributed by atoms with Crippen molar-refractivity contribution in [3.63, 3.8) is 0 Å². The van der Waals surface area contributed by atoms with Gasteiger partial charge in [-0.25, -0.2) is 0 Å². The van der Waals surface area contributed by atoms with E-state index < -0.39 is 17.6 Å². The molecule has 1 saturated carbocycles. The van der Waals surface area contributed by atoms with Crippen LogP contribution in [0.4, 0.5) is 13.2 Å². The summed E-state index contributed by atoms with van der Waals surface area (Å²) in [6.07, 6.45) is -4.69. The fourth-order valence-corrected chi connectivity index (χ4v) is 1.72. The van der Waals surface area contributed by atoms with Crippen molar-refractivity contribution in [1.29, 1.82) is 0 Å². The number of aromatic hydroxyl groups is 1. The monoisotopic (exact) mass is 279 g/mol. The number of hydrogen-bond donors (Lipinski definition) is 2. The molecule has 0 saturated heterocycles. The maximum absolute atomic E-state index is 12.6. The molecule has 0 aromatic heterocycles. The number of amides is 1. The van der Waals surface area contributed by atoms with Gasteiger partial charge in [0.1, 0.15) is 11.3 Å². The minimum Gasteiger partial charge on any atom is -0.506 e. The third kappa shape index (κ3) is 2.25. The van der Waals surface area contributed by atoms with Crippen molar-refractivity contribution in [2.24, 2.45) is 0 Å². The van der Waals surface area contributed by atoms with Crippen LogP contribution in [-0.2, 0) is 0 Å². The quantitative estimate of drug-likeness (QED) is 0.874. The van der Waals surface area contributed by atoms with Gasteiger partial charge in [0.2, 0.25) is 0 Å². The Kier molecular flexibility index (Phi) is 2.93. The van der Waals surface area contributed by atoms with Gasteiger partial charge in [0.15, 0.2) is 0 Å². The van der Waals surface area contributed by atoms with Crippen molar-refractivity contribution >= 4 is 17.5 Å². The van der Waals surface area contributed by atoms with Gasteiger partial charge in [-0.3, -0.25) is 4.79 Å². The van der Waals surface area contributed by atoms with Gasteiger partial charge in [0.25, 0.3) is 5.91 Å². The summed E-state index contributed by atoms with van der Waals surface area (Å²) in [5.74, 6) is -1.09. The summed E-state index contributed by atoms with van der Waals surface area (Å²) in [6.45, 7) is 0. The van der Waals surface area contributed by atoms with Crippen molar-refractivity contribution in [2.45, 2.75) is 24.6 Å². The van der Waals surface area contributed by atoms with Crippen molar-refractivity contribution < 1.29 is 23.1 Å². The molecule has 0 unspecified atom stereocenters. The molecule has 1 fully saturated rings. The SMILES string of the molecule is O=C(NC1(C(F)(F)F)CC1)c1ccc(O)c(Cl)c1. The molecule has 7 heteroatoms. The predicted octanol–water partition coefficient (Wildman–Crippen LogP) is 2.87. The zero-order chi connectivity index (χ0) is 13.6. The lowest BCUT2D eigenvalue weighted by Gasteiger charge is -2.20. The summed E-state index contributed by atoms with van der Waals surface area (Å²) in [5, 5.41) is 11.0. The molecule has 0 radical (unpaired) electrons. The first-order valence-electron chi connectivity index (χ1n) is 5.13. The summed E-state index contributed by atoms with van der Waals surface area (Å²) >= 11 is 5.58. The molecule has 0 aliphatic heterocycles. The lowest BCUT2D eigenvalue weighted by atomic mass is 10.1. The standard InChI is InChI=1S/C11H9ClF3NO2/c12-7-5-6(1-2-8(7)17)9(18)16-10(3-4-10)11(13,14)15/h1-2,5,17H,3-4H2,(H,16,18). The summed E-state index contributed by atoms with van der Waals surface area (Å²) in [6, 6.07) is 3.49. The molecular formula is C11H9ClF3NO2. The molecule has 1 amide bonds. The van der Waals surface area contributed by atoms with Crippen molar-refractivity contribution in [3.8, 4) is 5.75 Å². The van der Waals surface area contributed by atoms with Crippen LogP contribution in [-0.4, -0.2) is 22.7 Å². The largest absolute Gasteiger partial charge is 0.506 e. The van der Waals surface area contributed by atoms with E-state index in [4.69, 9.17) is 16.7 Å². The topological polar surface area (TPSA) is 49.3 Å². The van der Waals surface area contributed by atoms with Gasteiger partial charge in [0, 0.05) is 5.56 Å². The first-order chi connectivity index (χ1) is 8.25. The molecular weight excluding hydrogens is 271 g/mol. The van der Waals surface area contributed by atoms with Gasteiger partial charge in [-0.2, -0.15) is 13.2 Å². The fraction of sp³-hybridized carbons (Fsp3) is 0.364. The van der Waals surface area contributed by atoms with E-state index in [1.54, 1.807) is 0 Å². The van der Waals surface area contributed by atoms with Crippen LogP contribution in [0.3, 0.4) is 0 Å². The number of nitrogens with one attached hydrogen (secondary N) is 1. The molecule has 98 valence electrons. The molecule has 0 bridgehead atoms. The summed E-state index contributed by atoms with van der Waals surface area (Å²) in [4.78, 5) is 11.7. The zero-order valence-electron chi connectivity index (χ0n) is 9.01. The lowest BCUT2D eigenvalue weighted by Crippen LogP contribution is -2.47. The lowest BCUT2D eigenvalue weighted by molar-refractivity contribution is -0.163. The molecule has 2 N–H and O–H groups in total. The van der Waals surface area contributed by atoms with Crippen LogP contribution in [0.5, 0.6) is 5.75 Å². The number of carbonyl (C=O) groups excluding carboxylic acids is 1. The fourth-order valence-electron chi connectivity index (χ4n) is 1.54. The first kappa shape index (κ1) is 13.0. The number of carbonyl (C=O) groups is 1. The number of alkyl halides is 3. The molecule has 0 heterocycles. The van der Waals surface area contributed by atoms with Crippen molar-refractivity contribution in [1.82, 2.24) is 5.32 Å². The molecule has 1 aromatic carbocycles. The normalized spacial score (nSPS) is 17.3. The molecule has 1 aromatic rings. The second kappa shape index (κ2) is 4.05. The zero-order valence-corrected chi connectivity index (χ0v) is 9.77. The Morgan fingerprint density at radius 2 is 2.00 bits per heavy atom. The van der Waals surface area contributed by atoms with E-state index in [9.17, 15) is 18.0 Å². The average molecular weight is 280 g/mol. The van der Waals surface area contributed by atoms with Crippen LogP contribution in [0.15, 0.2) is 18.2 Å². The van der Waals surface area contributed by atoms with Crippen LogP contribution in [0, 0.1) is 0 Å². The Morgan fingerprint density at radius 1 is 1.39 bits per heavy atom. The second-order valence-corrected chi connectivity index (χ2v) is 4.61. The van der Waals surface area contributed by atoms with Gasteiger partial charge in [-0.05, 0) is 31.0 Å². The third-order valence-electron chi connectivity index (χ3n) is 2.86. The highest BCUT2D eigenvalue weighted by Gasteiger charge is 2.64. The highest BCUT2D eigenvalue weighted by atomic mass is 35.5. The van der Waals surface area contributed by atoms with Crippen LogP contribution in [0.25, 0.3) is 0 Å². The predicted molar refractivity (Wildman–Crippen MR) is 58.6 cm³/mol. The average Bonchev–Trinajstić information content (AvgIpc) is 3.02. The molecule has 0 spiro atoms. The van der Waals surface area contributed by atoms with Crippen molar-refractivity contribution in [3.05, 3.63) is 28.8 Å². The van der Waals surface area contributed by atoms with Gasteiger partial charge < -0.3 is 10.4 Å². The van der Waals surface area contributed by atoms with E-state index in [2.05, 4.69) is 0 Å². The molecule has 1 aliphatic rings. The van der Waals surface area contributed by atoms with Crippen LogP contribution in [0.1, 0.15) is 23.2 Å². The summed E-state index contributed by atoms with van der Waals surface area (Å²) in [7, 11) is 0. The van der Waals surface area contributed by atoms with E-state index in [1.165, 1.54) is 6.07 Å². The third-order valence-corrected chi connectivity index (χ3v) is 3.16. The Morgan fingerprint density at radius 3 is 2.44 bits per heavy atom. The van der Waals surface area contributed by atoms with Crippen LogP contribution in [0.2, 0.25) is 5.02 Å². The number of benzene rings is 1. The second-order valence-electron chi connectivity index (χ2n) is 4.20. The minimum atomic E-state index is -4.45. The summed E-state index contributed by atoms with van der Waals surface area (Å²) < 4.78 is 37.9. The maximum atomic E-state index is 12.6.